The number of likely N-dealkylation sites (tertiary alicyclic amines) is 1. The van der Waals surface area contributed by atoms with Crippen LogP contribution in [0.5, 0.6) is 0 Å². The van der Waals surface area contributed by atoms with Gasteiger partial charge in [-0.1, -0.05) is 6.07 Å². The average Bonchev–Trinajstić information content (AvgIpc) is 3.41. The Hall–Kier alpha value is -2.02. The molecule has 0 bridgehead atoms. The third-order valence-electron chi connectivity index (χ3n) is 4.96. The Kier molecular flexibility index (Phi) is 5.32. The summed E-state index contributed by atoms with van der Waals surface area (Å²) in [5.41, 5.74) is -0.418. The lowest BCUT2D eigenvalue weighted by Crippen LogP contribution is -2.48. The molecule has 25 heavy (non-hydrogen) atoms. The highest BCUT2D eigenvalue weighted by atomic mass is 19.1. The number of rotatable bonds is 5. The number of anilines is 1. The number of piperidine rings is 1. The number of hydrogen-bond donors (Lipinski definition) is 2. The van der Waals surface area contributed by atoms with Crippen LogP contribution in [-0.2, 0) is 9.59 Å². The fourth-order valence-electron chi connectivity index (χ4n) is 3.11. The van der Waals surface area contributed by atoms with E-state index in [0.717, 1.165) is 25.0 Å². The van der Waals surface area contributed by atoms with Crippen molar-refractivity contribution < 1.29 is 18.4 Å². The number of hydrogen-bond acceptors (Lipinski definition) is 3. The standard InChI is InChI=1S/C18H23F2N3O2/c1-11(17(24)22-16-14(19)3-2-4-15(16)20)23-9-7-12(8-10-23)18(25)21-13-5-6-13/h2-4,11-13H,5-10H2,1H3,(H,21,25)(H,22,24). The molecule has 2 amide bonds. The molecule has 1 aliphatic carbocycles. The first-order valence-corrected chi connectivity index (χ1v) is 8.75. The highest BCUT2D eigenvalue weighted by molar-refractivity contribution is 5.94. The molecule has 5 nitrogen and oxygen atoms in total. The number of halogens is 2. The van der Waals surface area contributed by atoms with Crippen LogP contribution >= 0.6 is 0 Å². The van der Waals surface area contributed by atoms with Gasteiger partial charge in [0.2, 0.25) is 11.8 Å². The molecule has 0 spiro atoms. The van der Waals surface area contributed by atoms with E-state index in [4.69, 9.17) is 0 Å². The van der Waals surface area contributed by atoms with Crippen LogP contribution in [0.1, 0.15) is 32.6 Å². The highest BCUT2D eigenvalue weighted by Crippen LogP contribution is 2.24. The minimum atomic E-state index is -0.795. The van der Waals surface area contributed by atoms with Gasteiger partial charge >= 0.3 is 0 Å². The van der Waals surface area contributed by atoms with Gasteiger partial charge < -0.3 is 10.6 Å². The van der Waals surface area contributed by atoms with Crippen LogP contribution in [0.25, 0.3) is 0 Å². The van der Waals surface area contributed by atoms with Crippen molar-refractivity contribution in [3.8, 4) is 0 Å². The number of carbonyl (C=O) groups is 2. The molecule has 7 heteroatoms. The largest absolute Gasteiger partial charge is 0.353 e. The average molecular weight is 351 g/mol. The monoisotopic (exact) mass is 351 g/mol. The van der Waals surface area contributed by atoms with Gasteiger partial charge in [-0.25, -0.2) is 8.78 Å². The minimum Gasteiger partial charge on any atom is -0.353 e. The lowest BCUT2D eigenvalue weighted by molar-refractivity contribution is -0.127. The van der Waals surface area contributed by atoms with E-state index in [0.29, 0.717) is 32.0 Å². The second-order valence-electron chi connectivity index (χ2n) is 6.85. The Labute approximate surface area is 145 Å². The molecular formula is C18H23F2N3O2. The Bertz CT molecular complexity index is 635. The first-order valence-electron chi connectivity index (χ1n) is 8.75. The predicted octanol–water partition coefficient (Wildman–Crippen LogP) is 2.28. The van der Waals surface area contributed by atoms with E-state index in [-0.39, 0.29) is 11.8 Å². The molecule has 3 rings (SSSR count). The number of benzene rings is 1. The zero-order chi connectivity index (χ0) is 18.0. The van der Waals surface area contributed by atoms with Gasteiger partial charge in [0.05, 0.1) is 6.04 Å². The molecule has 1 aromatic carbocycles. The van der Waals surface area contributed by atoms with E-state index >= 15 is 0 Å². The zero-order valence-electron chi connectivity index (χ0n) is 14.2. The summed E-state index contributed by atoms with van der Waals surface area (Å²) in [5, 5.41) is 5.35. The third-order valence-corrected chi connectivity index (χ3v) is 4.96. The fourth-order valence-corrected chi connectivity index (χ4v) is 3.11. The number of nitrogens with zero attached hydrogens (tertiary/aromatic N) is 1. The van der Waals surface area contributed by atoms with Crippen LogP contribution in [0, 0.1) is 17.6 Å². The normalized spacial score (nSPS) is 20.1. The van der Waals surface area contributed by atoms with Gasteiger partial charge in [0.15, 0.2) is 0 Å². The van der Waals surface area contributed by atoms with E-state index in [1.165, 1.54) is 6.07 Å². The molecule has 1 aliphatic heterocycles. The fraction of sp³-hybridized carbons (Fsp3) is 0.556. The lowest BCUT2D eigenvalue weighted by atomic mass is 9.95. The Morgan fingerprint density at radius 2 is 1.72 bits per heavy atom. The zero-order valence-corrected chi connectivity index (χ0v) is 14.2. The van der Waals surface area contributed by atoms with Gasteiger partial charge in [-0.05, 0) is 57.8 Å². The Balaban J connectivity index is 1.52. The third kappa shape index (κ3) is 4.34. The molecule has 2 N–H and O–H groups in total. The molecule has 2 fully saturated rings. The van der Waals surface area contributed by atoms with Crippen LogP contribution in [0.2, 0.25) is 0 Å². The van der Waals surface area contributed by atoms with Crippen molar-refractivity contribution in [3.63, 3.8) is 0 Å². The number of nitrogens with one attached hydrogen (secondary N) is 2. The second kappa shape index (κ2) is 7.47. The van der Waals surface area contributed by atoms with Crippen LogP contribution in [0.4, 0.5) is 14.5 Å². The van der Waals surface area contributed by atoms with E-state index in [2.05, 4.69) is 10.6 Å². The van der Waals surface area contributed by atoms with E-state index in [1.807, 2.05) is 4.90 Å². The first-order chi connectivity index (χ1) is 12.0. The van der Waals surface area contributed by atoms with Crippen LogP contribution in [-0.4, -0.2) is 41.9 Å². The number of carbonyl (C=O) groups excluding carboxylic acids is 2. The van der Waals surface area contributed by atoms with Gasteiger partial charge in [0, 0.05) is 12.0 Å². The molecule has 1 aromatic rings. The van der Waals surface area contributed by atoms with Crippen molar-refractivity contribution >= 4 is 17.5 Å². The van der Waals surface area contributed by atoms with Crippen LogP contribution < -0.4 is 10.6 Å². The van der Waals surface area contributed by atoms with Gasteiger partial charge in [-0.3, -0.25) is 14.5 Å². The summed E-state index contributed by atoms with van der Waals surface area (Å²) in [5.74, 6) is -1.96. The van der Waals surface area contributed by atoms with Crippen molar-refractivity contribution in [2.75, 3.05) is 18.4 Å². The summed E-state index contributed by atoms with van der Waals surface area (Å²) in [4.78, 5) is 26.3. The van der Waals surface area contributed by atoms with Gasteiger partial charge in [0.25, 0.3) is 0 Å². The number of amides is 2. The molecule has 136 valence electrons. The summed E-state index contributed by atoms with van der Waals surface area (Å²) in [6.45, 7) is 2.92. The van der Waals surface area contributed by atoms with Crippen molar-refractivity contribution in [1.29, 1.82) is 0 Å². The summed E-state index contributed by atoms with van der Waals surface area (Å²) < 4.78 is 27.3. The maximum Gasteiger partial charge on any atom is 0.241 e. The van der Waals surface area contributed by atoms with Crippen molar-refractivity contribution in [3.05, 3.63) is 29.8 Å². The molecule has 0 radical (unpaired) electrons. The minimum absolute atomic E-state index is 0.0175. The maximum atomic E-state index is 13.7. The first kappa shape index (κ1) is 17.8. The Morgan fingerprint density at radius 3 is 2.28 bits per heavy atom. The molecule has 2 aliphatic rings. The SMILES string of the molecule is CC(C(=O)Nc1c(F)cccc1F)N1CCC(C(=O)NC2CC2)CC1. The summed E-state index contributed by atoms with van der Waals surface area (Å²) in [7, 11) is 0. The van der Waals surface area contributed by atoms with Crippen molar-refractivity contribution in [2.45, 2.75) is 44.7 Å². The quantitative estimate of drug-likeness (QED) is 0.856. The molecule has 1 atom stereocenters. The van der Waals surface area contributed by atoms with Crippen LogP contribution in [0.3, 0.4) is 0 Å². The van der Waals surface area contributed by atoms with E-state index in [1.54, 1.807) is 6.92 Å². The summed E-state index contributed by atoms with van der Waals surface area (Å²) >= 11 is 0. The Morgan fingerprint density at radius 1 is 1.12 bits per heavy atom. The van der Waals surface area contributed by atoms with Crippen molar-refractivity contribution in [1.82, 2.24) is 10.2 Å². The van der Waals surface area contributed by atoms with E-state index < -0.39 is 29.3 Å². The number of para-hydroxylation sites is 1. The van der Waals surface area contributed by atoms with Gasteiger partial charge in [-0.2, -0.15) is 0 Å². The highest BCUT2D eigenvalue weighted by Gasteiger charge is 2.32. The molecular weight excluding hydrogens is 328 g/mol. The summed E-state index contributed by atoms with van der Waals surface area (Å²) in [6, 6.07) is 3.29. The topological polar surface area (TPSA) is 61.4 Å². The second-order valence-corrected chi connectivity index (χ2v) is 6.85. The van der Waals surface area contributed by atoms with Gasteiger partial charge in [-0.15, -0.1) is 0 Å². The molecule has 1 saturated heterocycles. The molecule has 1 unspecified atom stereocenters. The smallest absolute Gasteiger partial charge is 0.241 e. The van der Waals surface area contributed by atoms with Crippen molar-refractivity contribution in [2.24, 2.45) is 5.92 Å². The maximum absolute atomic E-state index is 13.7. The van der Waals surface area contributed by atoms with Crippen LogP contribution in [0.15, 0.2) is 18.2 Å². The predicted molar refractivity (Wildman–Crippen MR) is 89.9 cm³/mol. The lowest BCUT2D eigenvalue weighted by Gasteiger charge is -2.34. The summed E-state index contributed by atoms with van der Waals surface area (Å²) in [6.07, 6.45) is 3.50. The van der Waals surface area contributed by atoms with E-state index in [9.17, 15) is 18.4 Å². The molecule has 1 saturated carbocycles. The molecule has 1 heterocycles. The van der Waals surface area contributed by atoms with Gasteiger partial charge in [0.1, 0.15) is 17.3 Å². The molecule has 0 aromatic heterocycles.